The van der Waals surface area contributed by atoms with Gasteiger partial charge in [0.1, 0.15) is 24.1 Å². The van der Waals surface area contributed by atoms with Crippen molar-refractivity contribution in [2.45, 2.75) is 77.0 Å². The summed E-state index contributed by atoms with van der Waals surface area (Å²) in [5.74, 6) is 0.0281. The molecule has 268 valence electrons. The number of carbonyl (C=O) groups excluding carboxylic acids is 3. The van der Waals surface area contributed by atoms with Crippen molar-refractivity contribution in [1.82, 2.24) is 10.1 Å². The summed E-state index contributed by atoms with van der Waals surface area (Å²) in [6.45, 7) is 8.27. The quantitative estimate of drug-likeness (QED) is 0.0962. The summed E-state index contributed by atoms with van der Waals surface area (Å²) >= 11 is 0. The number of nitriles is 1. The largest absolute Gasteiger partial charge is 0.374 e. The number of aldehydes is 2. The van der Waals surface area contributed by atoms with Crippen LogP contribution in [0.25, 0.3) is 11.1 Å². The summed E-state index contributed by atoms with van der Waals surface area (Å²) in [4.78, 5) is 41.2. The lowest BCUT2D eigenvalue weighted by Gasteiger charge is -2.41. The molecule has 1 atom stereocenters. The van der Waals surface area contributed by atoms with Gasteiger partial charge in [0.05, 0.1) is 35.0 Å². The standard InChI is InChI=1S/C41H42FN5O5/c1-26-7-8-29(39-27(2)44-52-28(39)3)19-37(26)46(32-11-9-31(10-12-32)41(25-43)13-14-41)15-5-17-51-34-22-45(23-34)38-20-35-30(18-36(38)42)21-47(40(35)50)33(24-49)6-4-16-48/h7-12,16,18-20,24,33-34H,4-6,13-15,17,21-23H2,1-3H3. The second kappa shape index (κ2) is 14.4. The van der Waals surface area contributed by atoms with Gasteiger partial charge in [-0.05, 0) is 99.0 Å². The normalized spacial score (nSPS) is 16.6. The predicted molar refractivity (Wildman–Crippen MR) is 194 cm³/mol. The lowest BCUT2D eigenvalue weighted by Crippen LogP contribution is -2.53. The fourth-order valence-electron chi connectivity index (χ4n) is 7.49. The molecule has 52 heavy (non-hydrogen) atoms. The van der Waals surface area contributed by atoms with E-state index in [1.807, 2.05) is 18.7 Å². The number of benzene rings is 3. The molecule has 0 bridgehead atoms. The Kier molecular flexibility index (Phi) is 9.68. The van der Waals surface area contributed by atoms with Crippen molar-refractivity contribution in [1.29, 1.82) is 5.26 Å². The number of hydrogen-bond donors (Lipinski definition) is 0. The second-order valence-corrected chi connectivity index (χ2v) is 14.2. The van der Waals surface area contributed by atoms with Crippen molar-refractivity contribution < 1.29 is 28.0 Å². The minimum absolute atomic E-state index is 0.0827. The van der Waals surface area contributed by atoms with Crippen molar-refractivity contribution in [2.75, 3.05) is 36.0 Å². The highest BCUT2D eigenvalue weighted by Gasteiger charge is 2.44. The molecule has 1 aromatic heterocycles. The summed E-state index contributed by atoms with van der Waals surface area (Å²) < 4.78 is 27.0. The molecule has 10 nitrogen and oxygen atoms in total. The van der Waals surface area contributed by atoms with E-state index in [2.05, 4.69) is 65.5 Å². The first-order valence-corrected chi connectivity index (χ1v) is 17.9. The van der Waals surface area contributed by atoms with E-state index in [1.165, 1.54) is 11.0 Å². The smallest absolute Gasteiger partial charge is 0.255 e. The highest BCUT2D eigenvalue weighted by Crippen LogP contribution is 2.48. The van der Waals surface area contributed by atoms with Crippen LogP contribution in [-0.2, 0) is 26.3 Å². The molecule has 7 rings (SSSR count). The molecule has 11 heteroatoms. The van der Waals surface area contributed by atoms with Crippen molar-refractivity contribution in [3.8, 4) is 17.2 Å². The van der Waals surface area contributed by atoms with Crippen LogP contribution in [0, 0.1) is 37.9 Å². The molecule has 3 heterocycles. The average molecular weight is 704 g/mol. The maximum Gasteiger partial charge on any atom is 0.255 e. The number of halogens is 1. The highest BCUT2D eigenvalue weighted by molar-refractivity contribution is 6.00. The Morgan fingerprint density at radius 1 is 1.12 bits per heavy atom. The third kappa shape index (κ3) is 6.59. The van der Waals surface area contributed by atoms with Crippen LogP contribution in [0.3, 0.4) is 0 Å². The summed E-state index contributed by atoms with van der Waals surface area (Å²) in [5, 5.41) is 13.9. The van der Waals surface area contributed by atoms with E-state index in [9.17, 15) is 19.6 Å². The van der Waals surface area contributed by atoms with Gasteiger partial charge in [-0.3, -0.25) is 4.79 Å². The molecular weight excluding hydrogens is 661 g/mol. The minimum Gasteiger partial charge on any atom is -0.374 e. The van der Waals surface area contributed by atoms with Crippen molar-refractivity contribution in [3.05, 3.63) is 94.1 Å². The van der Waals surface area contributed by atoms with Crippen LogP contribution in [0.4, 0.5) is 21.5 Å². The zero-order chi connectivity index (χ0) is 36.6. The first kappa shape index (κ1) is 35.1. The number of amides is 1. The molecule has 1 saturated carbocycles. The van der Waals surface area contributed by atoms with Crippen molar-refractivity contribution in [2.24, 2.45) is 0 Å². The number of rotatable bonds is 15. The monoisotopic (exact) mass is 703 g/mol. The fraction of sp³-hybridized carbons (Fsp3) is 0.390. The second-order valence-electron chi connectivity index (χ2n) is 14.2. The Morgan fingerprint density at radius 3 is 2.54 bits per heavy atom. The van der Waals surface area contributed by atoms with Gasteiger partial charge in [-0.25, -0.2) is 4.39 Å². The van der Waals surface area contributed by atoms with Crippen molar-refractivity contribution >= 4 is 35.5 Å². The van der Waals surface area contributed by atoms with Gasteiger partial charge in [0.2, 0.25) is 0 Å². The molecule has 0 N–H and O–H groups in total. The predicted octanol–water partition coefficient (Wildman–Crippen LogP) is 6.90. The van der Waals surface area contributed by atoms with Crippen LogP contribution in [0.2, 0.25) is 0 Å². The lowest BCUT2D eigenvalue weighted by molar-refractivity contribution is -0.112. The minimum atomic E-state index is -0.720. The molecule has 1 amide bonds. The molecule has 0 spiro atoms. The van der Waals surface area contributed by atoms with Crippen molar-refractivity contribution in [3.63, 3.8) is 0 Å². The Morgan fingerprint density at radius 2 is 1.88 bits per heavy atom. The summed E-state index contributed by atoms with van der Waals surface area (Å²) in [5.41, 5.74) is 8.02. The van der Waals surface area contributed by atoms with Gasteiger partial charge in [-0.1, -0.05) is 29.4 Å². The summed E-state index contributed by atoms with van der Waals surface area (Å²) in [7, 11) is 0. The number of hydrogen-bond acceptors (Lipinski definition) is 9. The Hall–Kier alpha value is -5.34. The van der Waals surface area contributed by atoms with Crippen LogP contribution in [0.5, 0.6) is 0 Å². The Labute approximate surface area is 302 Å². The SMILES string of the molecule is Cc1ccc(-c2c(C)noc2C)cc1N(CCCOC1CN(c2cc3c(cc2F)CN(C(C=O)CCC=O)C3=O)C1)c1ccc(C2(C#N)CC2)cc1. The van der Waals surface area contributed by atoms with E-state index in [0.29, 0.717) is 49.3 Å². The first-order valence-electron chi connectivity index (χ1n) is 17.9. The Balaban J connectivity index is 1.01. The average Bonchev–Trinajstić information content (AvgIpc) is 3.78. The topological polar surface area (TPSA) is 120 Å². The molecule has 2 aliphatic heterocycles. The number of fused-ring (bicyclic) bond motifs is 1. The van der Waals surface area contributed by atoms with Gasteiger partial charge < -0.3 is 33.5 Å². The van der Waals surface area contributed by atoms with E-state index in [0.717, 1.165) is 70.6 Å². The van der Waals surface area contributed by atoms with Gasteiger partial charge in [0.15, 0.2) is 0 Å². The lowest BCUT2D eigenvalue weighted by atomic mass is 9.97. The number of nitrogens with zero attached hydrogens (tertiary/aromatic N) is 5. The van der Waals surface area contributed by atoms with E-state index in [1.54, 1.807) is 6.07 Å². The zero-order valence-corrected chi connectivity index (χ0v) is 29.7. The fourth-order valence-corrected chi connectivity index (χ4v) is 7.49. The molecule has 1 aliphatic carbocycles. The summed E-state index contributed by atoms with van der Waals surface area (Å²) in [6.07, 6.45) is 4.25. The molecule has 3 aromatic carbocycles. The zero-order valence-electron chi connectivity index (χ0n) is 29.7. The number of ether oxygens (including phenoxy) is 1. The molecule has 4 aromatic rings. The first-order chi connectivity index (χ1) is 25.2. The van der Waals surface area contributed by atoms with Crippen LogP contribution in [0.15, 0.2) is 59.1 Å². The third-order valence-corrected chi connectivity index (χ3v) is 10.7. The van der Waals surface area contributed by atoms with Gasteiger partial charge in [-0.15, -0.1) is 0 Å². The number of aryl methyl sites for hydroxylation is 3. The van der Waals surface area contributed by atoms with Gasteiger partial charge in [-0.2, -0.15) is 5.26 Å². The van der Waals surface area contributed by atoms with Crippen LogP contribution < -0.4 is 9.80 Å². The van der Waals surface area contributed by atoms with Crippen LogP contribution in [-0.4, -0.2) is 66.9 Å². The van der Waals surface area contributed by atoms with E-state index < -0.39 is 11.9 Å². The number of aromatic nitrogens is 1. The van der Waals surface area contributed by atoms with Crippen LogP contribution >= 0.6 is 0 Å². The number of anilines is 3. The highest BCUT2D eigenvalue weighted by atomic mass is 19.1. The molecular formula is C41H42FN5O5. The molecule has 2 fully saturated rings. The third-order valence-electron chi connectivity index (χ3n) is 10.7. The molecule has 0 radical (unpaired) electrons. The molecule has 3 aliphatic rings. The van der Waals surface area contributed by atoms with Crippen LogP contribution in [0.1, 0.15) is 70.6 Å². The number of carbonyl (C=O) groups is 3. The summed E-state index contributed by atoms with van der Waals surface area (Å²) in [6, 6.07) is 19.5. The van der Waals surface area contributed by atoms with E-state index >= 15 is 4.39 Å². The van der Waals surface area contributed by atoms with E-state index in [-0.39, 0.29) is 36.8 Å². The maximum absolute atomic E-state index is 15.3. The molecule has 1 saturated heterocycles. The maximum atomic E-state index is 15.3. The molecule has 1 unspecified atom stereocenters. The van der Waals surface area contributed by atoms with E-state index in [4.69, 9.17) is 9.26 Å². The van der Waals surface area contributed by atoms with Gasteiger partial charge in [0.25, 0.3) is 5.91 Å². The van der Waals surface area contributed by atoms with Gasteiger partial charge >= 0.3 is 0 Å². The Bertz CT molecular complexity index is 2020. The van der Waals surface area contributed by atoms with Gasteiger partial charge in [0, 0.05) is 61.7 Å².